The van der Waals surface area contributed by atoms with Crippen molar-refractivity contribution in [2.45, 2.75) is 6.92 Å². The zero-order valence-corrected chi connectivity index (χ0v) is 9.98. The van der Waals surface area contributed by atoms with E-state index in [1.54, 1.807) is 31.2 Å². The van der Waals surface area contributed by atoms with E-state index in [2.05, 4.69) is 0 Å². The molecule has 0 spiro atoms. The van der Waals surface area contributed by atoms with Crippen molar-refractivity contribution in [1.29, 1.82) is 0 Å². The van der Waals surface area contributed by atoms with Gasteiger partial charge in [0.05, 0.1) is 6.61 Å². The van der Waals surface area contributed by atoms with Crippen molar-refractivity contribution in [3.05, 3.63) is 29.3 Å². The molecule has 0 amide bonds. The summed E-state index contributed by atoms with van der Waals surface area (Å²) in [6.07, 6.45) is 0. The predicted molar refractivity (Wildman–Crippen MR) is 60.2 cm³/mol. The fourth-order valence-electron chi connectivity index (χ4n) is 0.818. The van der Waals surface area contributed by atoms with Crippen LogP contribution in [0.2, 0.25) is 5.02 Å². The molecule has 0 aliphatic heterocycles. The molecule has 0 heterocycles. The van der Waals surface area contributed by atoms with Crippen LogP contribution in [0.1, 0.15) is 6.92 Å². The topological polar surface area (TPSA) is 38.7 Å². The van der Waals surface area contributed by atoms with Gasteiger partial charge >= 0.3 is 6.72 Å². The van der Waals surface area contributed by atoms with E-state index in [1.807, 2.05) is 0 Å². The minimum atomic E-state index is -3.14. The third-order valence-electron chi connectivity index (χ3n) is 1.33. The Kier molecular flexibility index (Phi) is 4.35. The Balaban J connectivity index is 2.69. The first-order valence-electron chi connectivity index (χ1n) is 3.96. The molecular weight excluding hydrogens is 243 g/mol. The Labute approximate surface area is 92.9 Å². The molecule has 0 fully saturated rings. The number of hydrogen-bond acceptors (Lipinski definition) is 3. The quantitative estimate of drug-likeness (QED) is 0.836. The molecular formula is C8H10ClO3PS. The van der Waals surface area contributed by atoms with Crippen LogP contribution < -0.4 is 4.52 Å². The monoisotopic (exact) mass is 252 g/mol. The summed E-state index contributed by atoms with van der Waals surface area (Å²) < 4.78 is 9.99. The molecule has 0 aliphatic carbocycles. The van der Waals surface area contributed by atoms with Crippen LogP contribution in [-0.2, 0) is 16.3 Å². The average Bonchev–Trinajstić information content (AvgIpc) is 2.08. The van der Waals surface area contributed by atoms with Crippen molar-refractivity contribution in [1.82, 2.24) is 0 Å². The molecule has 14 heavy (non-hydrogen) atoms. The van der Waals surface area contributed by atoms with Gasteiger partial charge in [0.2, 0.25) is 0 Å². The molecule has 0 aliphatic rings. The van der Waals surface area contributed by atoms with Crippen molar-refractivity contribution >= 4 is 30.1 Å². The second-order valence-corrected chi connectivity index (χ2v) is 5.63. The van der Waals surface area contributed by atoms with Gasteiger partial charge < -0.3 is 9.42 Å². The molecule has 1 unspecified atom stereocenters. The highest BCUT2D eigenvalue weighted by Gasteiger charge is 2.15. The molecule has 6 heteroatoms. The standard InChI is InChI=1S/C8H10ClO3PS/c1-2-11-13(10,14)12-8-5-3-7(9)4-6-8/h3-6H,2H2,1H3,(H,10,14). The first-order valence-corrected chi connectivity index (χ1v) is 6.93. The molecule has 1 atom stereocenters. The molecule has 78 valence electrons. The van der Waals surface area contributed by atoms with Crippen molar-refractivity contribution in [2.24, 2.45) is 0 Å². The van der Waals surface area contributed by atoms with Crippen LogP contribution in [0.25, 0.3) is 0 Å². The van der Waals surface area contributed by atoms with Crippen molar-refractivity contribution in [2.75, 3.05) is 6.61 Å². The van der Waals surface area contributed by atoms with E-state index in [0.717, 1.165) is 0 Å². The van der Waals surface area contributed by atoms with Gasteiger partial charge in [-0.15, -0.1) is 0 Å². The smallest absolute Gasteiger partial charge is 0.377 e. The summed E-state index contributed by atoms with van der Waals surface area (Å²) in [5.41, 5.74) is 0. The zero-order valence-electron chi connectivity index (χ0n) is 7.51. The Hall–Kier alpha value is -0.120. The van der Waals surface area contributed by atoms with E-state index in [0.29, 0.717) is 17.4 Å². The SMILES string of the molecule is CCOP(O)(=S)Oc1ccc(Cl)cc1. The van der Waals surface area contributed by atoms with E-state index in [4.69, 9.17) is 32.5 Å². The van der Waals surface area contributed by atoms with Crippen LogP contribution in [0, 0.1) is 0 Å². The Morgan fingerprint density at radius 1 is 1.43 bits per heavy atom. The first kappa shape index (κ1) is 12.0. The number of halogens is 1. The summed E-state index contributed by atoms with van der Waals surface area (Å²) in [7, 11) is 0. The van der Waals surface area contributed by atoms with Crippen molar-refractivity contribution < 1.29 is 13.9 Å². The molecule has 0 saturated heterocycles. The Bertz CT molecular complexity index is 341. The summed E-state index contributed by atoms with van der Waals surface area (Å²) >= 11 is 10.4. The minimum Gasteiger partial charge on any atom is -0.424 e. The number of rotatable bonds is 4. The van der Waals surface area contributed by atoms with Gasteiger partial charge in [0.25, 0.3) is 0 Å². The molecule has 0 aromatic heterocycles. The lowest BCUT2D eigenvalue weighted by Crippen LogP contribution is -1.96. The maximum atomic E-state index is 9.49. The van der Waals surface area contributed by atoms with Crippen molar-refractivity contribution in [3.63, 3.8) is 0 Å². The second-order valence-electron chi connectivity index (χ2n) is 2.43. The van der Waals surface area contributed by atoms with Crippen LogP contribution in [0.3, 0.4) is 0 Å². The summed E-state index contributed by atoms with van der Waals surface area (Å²) in [5.74, 6) is 0.452. The normalized spacial score (nSPS) is 14.8. The Morgan fingerprint density at radius 2 is 2.00 bits per heavy atom. The van der Waals surface area contributed by atoms with E-state index in [-0.39, 0.29) is 0 Å². The first-order chi connectivity index (χ1) is 6.53. The summed E-state index contributed by atoms with van der Waals surface area (Å²) in [5, 5.41) is 0.597. The van der Waals surface area contributed by atoms with Gasteiger partial charge in [-0.1, -0.05) is 11.6 Å². The summed E-state index contributed by atoms with van der Waals surface area (Å²) in [4.78, 5) is 9.49. The molecule has 1 rings (SSSR count). The van der Waals surface area contributed by atoms with E-state index in [1.165, 1.54) is 0 Å². The minimum absolute atomic E-state index is 0.321. The van der Waals surface area contributed by atoms with Gasteiger partial charge in [-0.2, -0.15) is 0 Å². The molecule has 0 saturated carbocycles. The predicted octanol–water partition coefficient (Wildman–Crippen LogP) is 2.97. The summed E-state index contributed by atoms with van der Waals surface area (Å²) in [6.45, 7) is -1.08. The fraction of sp³-hybridized carbons (Fsp3) is 0.250. The lowest BCUT2D eigenvalue weighted by atomic mass is 10.3. The van der Waals surface area contributed by atoms with Gasteiger partial charge in [-0.3, -0.25) is 4.52 Å². The van der Waals surface area contributed by atoms with Gasteiger partial charge in [0.15, 0.2) is 0 Å². The lowest BCUT2D eigenvalue weighted by Gasteiger charge is -2.15. The van der Waals surface area contributed by atoms with E-state index >= 15 is 0 Å². The van der Waals surface area contributed by atoms with Gasteiger partial charge in [-0.25, -0.2) is 0 Å². The highest BCUT2D eigenvalue weighted by molar-refractivity contribution is 8.07. The van der Waals surface area contributed by atoms with Crippen LogP contribution >= 0.6 is 18.3 Å². The summed E-state index contributed by atoms with van der Waals surface area (Å²) in [6, 6.07) is 6.55. The van der Waals surface area contributed by atoms with E-state index in [9.17, 15) is 4.89 Å². The van der Waals surface area contributed by atoms with Gasteiger partial charge in [-0.05, 0) is 31.2 Å². The largest absolute Gasteiger partial charge is 0.424 e. The van der Waals surface area contributed by atoms with Crippen LogP contribution in [0.4, 0.5) is 0 Å². The maximum Gasteiger partial charge on any atom is 0.377 e. The molecule has 0 radical (unpaired) electrons. The molecule has 1 N–H and O–H groups in total. The number of hydrogen-bond donors (Lipinski definition) is 1. The molecule has 3 nitrogen and oxygen atoms in total. The second kappa shape index (κ2) is 5.10. The number of benzene rings is 1. The molecule has 1 aromatic rings. The van der Waals surface area contributed by atoms with E-state index < -0.39 is 6.72 Å². The van der Waals surface area contributed by atoms with Crippen LogP contribution in [0.5, 0.6) is 5.75 Å². The molecule has 1 aromatic carbocycles. The van der Waals surface area contributed by atoms with Gasteiger partial charge in [0.1, 0.15) is 5.75 Å². The zero-order chi connectivity index (χ0) is 10.6. The van der Waals surface area contributed by atoms with Crippen molar-refractivity contribution in [3.8, 4) is 5.75 Å². The third kappa shape index (κ3) is 3.95. The maximum absolute atomic E-state index is 9.49. The Morgan fingerprint density at radius 3 is 2.50 bits per heavy atom. The lowest BCUT2D eigenvalue weighted by molar-refractivity contribution is 0.271. The van der Waals surface area contributed by atoms with Crippen LogP contribution in [0.15, 0.2) is 24.3 Å². The average molecular weight is 253 g/mol. The van der Waals surface area contributed by atoms with Crippen LogP contribution in [-0.4, -0.2) is 11.5 Å². The third-order valence-corrected chi connectivity index (χ3v) is 3.14. The molecule has 0 bridgehead atoms. The fourth-order valence-corrected chi connectivity index (χ4v) is 2.29. The van der Waals surface area contributed by atoms with Gasteiger partial charge in [0, 0.05) is 16.8 Å². The highest BCUT2D eigenvalue weighted by Crippen LogP contribution is 2.43. The highest BCUT2D eigenvalue weighted by atomic mass is 35.5.